The van der Waals surface area contributed by atoms with E-state index in [0.717, 1.165) is 16.3 Å². The molecule has 0 bridgehead atoms. The molecule has 1 aliphatic rings. The van der Waals surface area contributed by atoms with Gasteiger partial charge in [0.2, 0.25) is 0 Å². The monoisotopic (exact) mass is 392 g/mol. The topological polar surface area (TPSA) is 76.1 Å². The average molecular weight is 392 g/mol. The molecule has 0 fully saturated rings. The Hall–Kier alpha value is -3.06. The Morgan fingerprint density at radius 1 is 1.21 bits per heavy atom. The summed E-state index contributed by atoms with van der Waals surface area (Å²) in [7, 11) is 0. The first-order chi connectivity index (χ1) is 13.7. The number of thioether (sulfide) groups is 1. The molecule has 4 rings (SSSR count). The van der Waals surface area contributed by atoms with Gasteiger partial charge in [0.15, 0.2) is 6.61 Å². The molecule has 7 heteroatoms. The molecule has 1 aromatic heterocycles. The van der Waals surface area contributed by atoms with Crippen molar-refractivity contribution in [2.45, 2.75) is 23.7 Å². The summed E-state index contributed by atoms with van der Waals surface area (Å²) in [5.74, 6) is 2.11. The van der Waals surface area contributed by atoms with Crippen molar-refractivity contribution in [2.75, 3.05) is 17.2 Å². The maximum absolute atomic E-state index is 11.5. The highest BCUT2D eigenvalue weighted by Gasteiger charge is 2.17. The van der Waals surface area contributed by atoms with Gasteiger partial charge in [0, 0.05) is 5.75 Å². The molecule has 1 atom stereocenters. The highest BCUT2D eigenvalue weighted by atomic mass is 32.2. The zero-order valence-electron chi connectivity index (χ0n) is 15.4. The predicted molar refractivity (Wildman–Crippen MR) is 111 cm³/mol. The van der Waals surface area contributed by atoms with E-state index in [1.807, 2.05) is 43.3 Å². The number of carbonyl (C=O) groups is 1. The highest BCUT2D eigenvalue weighted by molar-refractivity contribution is 7.98. The van der Waals surface area contributed by atoms with Gasteiger partial charge in [-0.2, -0.15) is 0 Å². The zero-order chi connectivity index (χ0) is 19.3. The first-order valence-corrected chi connectivity index (χ1v) is 9.98. The molecule has 0 aliphatic carbocycles. The van der Waals surface area contributed by atoms with Gasteiger partial charge in [-0.3, -0.25) is 9.78 Å². The fraction of sp³-hybridized carbons (Fsp3) is 0.190. The number of anilines is 2. The predicted octanol–water partition coefficient (Wildman–Crippen LogP) is 4.27. The van der Waals surface area contributed by atoms with Gasteiger partial charge in [-0.15, -0.1) is 11.8 Å². The van der Waals surface area contributed by atoms with Crippen LogP contribution in [0.15, 0.2) is 66.0 Å². The third-order valence-electron chi connectivity index (χ3n) is 4.34. The van der Waals surface area contributed by atoms with Crippen LogP contribution in [0, 0.1) is 0 Å². The minimum Gasteiger partial charge on any atom is -0.482 e. The number of hydrogen-bond acceptors (Lipinski definition) is 6. The number of hydrogen-bond donors (Lipinski definition) is 2. The number of carbonyl (C=O) groups excluding carboxylic acids is 1. The maximum Gasteiger partial charge on any atom is 0.262 e. The molecule has 28 heavy (non-hydrogen) atoms. The zero-order valence-corrected chi connectivity index (χ0v) is 16.2. The Balaban J connectivity index is 1.42. The third-order valence-corrected chi connectivity index (χ3v) is 5.31. The number of benzene rings is 2. The van der Waals surface area contributed by atoms with E-state index in [1.165, 1.54) is 5.56 Å². The van der Waals surface area contributed by atoms with Gasteiger partial charge >= 0.3 is 0 Å². The smallest absolute Gasteiger partial charge is 0.262 e. The van der Waals surface area contributed by atoms with Crippen LogP contribution in [0.25, 0.3) is 0 Å². The molecule has 1 unspecified atom stereocenters. The molecule has 2 heterocycles. The van der Waals surface area contributed by atoms with Crippen LogP contribution < -0.4 is 15.4 Å². The second-order valence-electron chi connectivity index (χ2n) is 6.48. The van der Waals surface area contributed by atoms with E-state index in [9.17, 15) is 4.79 Å². The largest absolute Gasteiger partial charge is 0.482 e. The average Bonchev–Trinajstić information content (AvgIpc) is 2.72. The van der Waals surface area contributed by atoms with Gasteiger partial charge in [-0.05, 0) is 30.2 Å². The van der Waals surface area contributed by atoms with Gasteiger partial charge in [-0.25, -0.2) is 4.98 Å². The van der Waals surface area contributed by atoms with Crippen molar-refractivity contribution in [1.82, 2.24) is 9.97 Å². The minimum absolute atomic E-state index is 0.00666. The van der Waals surface area contributed by atoms with Crippen LogP contribution in [-0.4, -0.2) is 22.5 Å². The Bertz CT molecular complexity index is 981. The van der Waals surface area contributed by atoms with Crippen LogP contribution in [0.3, 0.4) is 0 Å². The van der Waals surface area contributed by atoms with Crippen molar-refractivity contribution in [3.8, 4) is 5.75 Å². The quantitative estimate of drug-likeness (QED) is 0.610. The van der Waals surface area contributed by atoms with E-state index in [-0.39, 0.29) is 18.6 Å². The van der Waals surface area contributed by atoms with Crippen LogP contribution >= 0.6 is 11.8 Å². The SMILES string of the molecule is CC(Nc1cncc(SCc2ccccc2)n1)c1ccc2c(c1)NC(=O)CO2. The van der Waals surface area contributed by atoms with Crippen LogP contribution in [0.5, 0.6) is 5.75 Å². The van der Waals surface area contributed by atoms with Crippen molar-refractivity contribution in [3.05, 3.63) is 72.1 Å². The summed E-state index contributed by atoms with van der Waals surface area (Å²) in [5.41, 5.74) is 2.97. The molecule has 2 aromatic carbocycles. The molecule has 2 N–H and O–H groups in total. The lowest BCUT2D eigenvalue weighted by molar-refractivity contribution is -0.118. The molecule has 142 valence electrons. The van der Waals surface area contributed by atoms with E-state index in [4.69, 9.17) is 4.74 Å². The van der Waals surface area contributed by atoms with E-state index >= 15 is 0 Å². The molecular weight excluding hydrogens is 372 g/mol. The second-order valence-corrected chi connectivity index (χ2v) is 7.47. The molecule has 1 aliphatic heterocycles. The molecule has 0 saturated heterocycles. The molecule has 1 amide bonds. The van der Waals surface area contributed by atoms with Gasteiger partial charge in [0.1, 0.15) is 16.6 Å². The summed E-state index contributed by atoms with van der Waals surface area (Å²) >= 11 is 1.65. The van der Waals surface area contributed by atoms with Crippen LogP contribution in [0.4, 0.5) is 11.5 Å². The van der Waals surface area contributed by atoms with Gasteiger partial charge in [0.25, 0.3) is 5.91 Å². The number of nitrogens with zero attached hydrogens (tertiary/aromatic N) is 2. The van der Waals surface area contributed by atoms with Crippen LogP contribution in [-0.2, 0) is 10.5 Å². The summed E-state index contributed by atoms with van der Waals surface area (Å²) < 4.78 is 5.41. The Labute approximate surface area is 167 Å². The minimum atomic E-state index is -0.140. The fourth-order valence-corrected chi connectivity index (χ4v) is 3.70. The fourth-order valence-electron chi connectivity index (χ4n) is 2.89. The van der Waals surface area contributed by atoms with Crippen molar-refractivity contribution >= 4 is 29.2 Å². The summed E-state index contributed by atoms with van der Waals surface area (Å²) in [6, 6.07) is 16.1. The molecule has 0 saturated carbocycles. The number of amides is 1. The summed E-state index contributed by atoms with van der Waals surface area (Å²) in [6.45, 7) is 2.10. The second kappa shape index (κ2) is 8.31. The van der Waals surface area contributed by atoms with E-state index in [2.05, 4.69) is 32.7 Å². The number of ether oxygens (including phenoxy) is 1. The van der Waals surface area contributed by atoms with Crippen molar-refractivity contribution in [3.63, 3.8) is 0 Å². The van der Waals surface area contributed by atoms with Crippen molar-refractivity contribution in [1.29, 1.82) is 0 Å². The molecular formula is C21H20N4O2S. The van der Waals surface area contributed by atoms with Gasteiger partial charge in [0.05, 0.1) is 24.1 Å². The van der Waals surface area contributed by atoms with E-state index in [0.29, 0.717) is 17.3 Å². The lowest BCUT2D eigenvalue weighted by Crippen LogP contribution is -2.25. The lowest BCUT2D eigenvalue weighted by atomic mass is 10.1. The Kier molecular flexibility index (Phi) is 5.43. The maximum atomic E-state index is 11.5. The third kappa shape index (κ3) is 4.43. The molecule has 3 aromatic rings. The Morgan fingerprint density at radius 2 is 2.07 bits per heavy atom. The van der Waals surface area contributed by atoms with Crippen molar-refractivity contribution < 1.29 is 9.53 Å². The van der Waals surface area contributed by atoms with Crippen molar-refractivity contribution in [2.24, 2.45) is 0 Å². The normalized spacial score (nSPS) is 13.8. The van der Waals surface area contributed by atoms with Gasteiger partial charge in [-0.1, -0.05) is 36.4 Å². The van der Waals surface area contributed by atoms with E-state index in [1.54, 1.807) is 24.2 Å². The first kappa shape index (κ1) is 18.3. The number of rotatable bonds is 6. The van der Waals surface area contributed by atoms with Crippen LogP contribution in [0.1, 0.15) is 24.1 Å². The van der Waals surface area contributed by atoms with Crippen LogP contribution in [0.2, 0.25) is 0 Å². The molecule has 6 nitrogen and oxygen atoms in total. The standard InChI is InChI=1S/C21H20N4O2S/c1-14(16-7-8-18-17(9-16)24-20(26)12-27-18)23-19-10-22-11-21(25-19)28-13-15-5-3-2-4-6-15/h2-11,14H,12-13H2,1H3,(H,23,25)(H,24,26). The van der Waals surface area contributed by atoms with E-state index < -0.39 is 0 Å². The summed E-state index contributed by atoms with van der Waals surface area (Å²) in [6.07, 6.45) is 3.49. The highest BCUT2D eigenvalue weighted by Crippen LogP contribution is 2.31. The van der Waals surface area contributed by atoms with Gasteiger partial charge < -0.3 is 15.4 Å². The molecule has 0 spiro atoms. The number of nitrogens with one attached hydrogen (secondary N) is 2. The first-order valence-electron chi connectivity index (χ1n) is 8.99. The summed E-state index contributed by atoms with van der Waals surface area (Å²) in [5, 5.41) is 7.08. The summed E-state index contributed by atoms with van der Waals surface area (Å²) in [4.78, 5) is 20.5. The number of aromatic nitrogens is 2. The lowest BCUT2D eigenvalue weighted by Gasteiger charge is -2.21. The Morgan fingerprint density at radius 3 is 2.93 bits per heavy atom. The molecule has 0 radical (unpaired) electrons. The number of fused-ring (bicyclic) bond motifs is 1.